The normalized spacial score (nSPS) is 16.3. The highest BCUT2D eigenvalue weighted by molar-refractivity contribution is 5.93. The summed E-state index contributed by atoms with van der Waals surface area (Å²) in [6, 6.07) is 4.89. The van der Waals surface area contributed by atoms with Crippen molar-refractivity contribution in [3.8, 4) is 5.75 Å². The fraction of sp³-hybridized carbons (Fsp3) is 0.462. The summed E-state index contributed by atoms with van der Waals surface area (Å²) in [5, 5.41) is 0. The van der Waals surface area contributed by atoms with Crippen LogP contribution in [0.2, 0.25) is 0 Å². The van der Waals surface area contributed by atoms with Crippen LogP contribution in [0, 0.1) is 0 Å². The van der Waals surface area contributed by atoms with E-state index < -0.39 is 0 Å². The summed E-state index contributed by atoms with van der Waals surface area (Å²) in [4.78, 5) is 12.0. The molecule has 18 heavy (non-hydrogen) atoms. The predicted molar refractivity (Wildman–Crippen MR) is 66.7 cm³/mol. The number of esters is 1. The molecule has 0 unspecified atom stereocenters. The number of ether oxygens (including phenoxy) is 3. The number of methoxy groups -OCH3 is 1. The van der Waals surface area contributed by atoms with Gasteiger partial charge < -0.3 is 19.9 Å². The average Bonchev–Trinajstić information content (AvgIpc) is 2.39. The van der Waals surface area contributed by atoms with Crippen molar-refractivity contribution >= 4 is 11.7 Å². The third kappa shape index (κ3) is 2.92. The fourth-order valence-electron chi connectivity index (χ4n) is 1.89. The molecule has 0 saturated carbocycles. The molecular formula is C13H17NO4. The molecule has 1 saturated heterocycles. The Hall–Kier alpha value is -1.75. The second-order valence-corrected chi connectivity index (χ2v) is 4.18. The average molecular weight is 251 g/mol. The lowest BCUT2D eigenvalue weighted by atomic mass is 10.1. The highest BCUT2D eigenvalue weighted by atomic mass is 16.6. The van der Waals surface area contributed by atoms with E-state index in [0.717, 1.165) is 12.8 Å². The molecule has 2 N–H and O–H groups in total. The van der Waals surface area contributed by atoms with E-state index in [-0.39, 0.29) is 12.1 Å². The lowest BCUT2D eigenvalue weighted by Crippen LogP contribution is -2.26. The molecule has 5 heteroatoms. The summed E-state index contributed by atoms with van der Waals surface area (Å²) in [7, 11) is 1.50. The van der Waals surface area contributed by atoms with Gasteiger partial charge >= 0.3 is 5.97 Å². The SMILES string of the molecule is COc1cc(N)ccc1C(=O)OC1CCOCC1. The number of anilines is 1. The molecule has 0 spiro atoms. The molecule has 0 aliphatic carbocycles. The molecule has 98 valence electrons. The van der Waals surface area contributed by atoms with Crippen LogP contribution in [0.5, 0.6) is 5.75 Å². The Labute approximate surface area is 106 Å². The minimum atomic E-state index is -0.376. The number of nitrogen functional groups attached to an aromatic ring is 1. The Morgan fingerprint density at radius 3 is 2.78 bits per heavy atom. The van der Waals surface area contributed by atoms with Crippen molar-refractivity contribution in [2.45, 2.75) is 18.9 Å². The maximum atomic E-state index is 12.0. The zero-order valence-electron chi connectivity index (χ0n) is 10.3. The summed E-state index contributed by atoms with van der Waals surface area (Å²) >= 11 is 0. The maximum Gasteiger partial charge on any atom is 0.342 e. The first kappa shape index (κ1) is 12.7. The standard InChI is InChI=1S/C13H17NO4/c1-16-12-8-9(14)2-3-11(12)13(15)18-10-4-6-17-7-5-10/h2-3,8,10H,4-7,14H2,1H3. The second-order valence-electron chi connectivity index (χ2n) is 4.18. The number of carbonyl (C=O) groups excluding carboxylic acids is 1. The van der Waals surface area contributed by atoms with Crippen molar-refractivity contribution in [1.82, 2.24) is 0 Å². The van der Waals surface area contributed by atoms with Crippen molar-refractivity contribution in [3.05, 3.63) is 23.8 Å². The largest absolute Gasteiger partial charge is 0.496 e. The highest BCUT2D eigenvalue weighted by Gasteiger charge is 2.21. The van der Waals surface area contributed by atoms with Gasteiger partial charge in [-0.25, -0.2) is 4.79 Å². The minimum absolute atomic E-state index is 0.0755. The molecule has 1 fully saturated rings. The van der Waals surface area contributed by atoms with Gasteiger partial charge in [0.25, 0.3) is 0 Å². The van der Waals surface area contributed by atoms with Crippen LogP contribution in [0.25, 0.3) is 0 Å². The molecule has 0 aromatic heterocycles. The van der Waals surface area contributed by atoms with Crippen LogP contribution in [0.15, 0.2) is 18.2 Å². The smallest absolute Gasteiger partial charge is 0.342 e. The van der Waals surface area contributed by atoms with Gasteiger partial charge in [0, 0.05) is 24.6 Å². The van der Waals surface area contributed by atoms with Crippen molar-refractivity contribution in [2.75, 3.05) is 26.1 Å². The summed E-state index contributed by atoms with van der Waals surface area (Å²) in [6.07, 6.45) is 1.40. The van der Waals surface area contributed by atoms with Crippen LogP contribution in [-0.4, -0.2) is 32.4 Å². The van der Waals surface area contributed by atoms with Gasteiger partial charge in [-0.15, -0.1) is 0 Å². The molecule has 0 atom stereocenters. The molecule has 5 nitrogen and oxygen atoms in total. The molecule has 1 heterocycles. The quantitative estimate of drug-likeness (QED) is 0.653. The van der Waals surface area contributed by atoms with E-state index in [0.29, 0.717) is 30.2 Å². The monoisotopic (exact) mass is 251 g/mol. The third-order valence-corrected chi connectivity index (χ3v) is 2.89. The number of benzene rings is 1. The van der Waals surface area contributed by atoms with Gasteiger partial charge in [-0.1, -0.05) is 0 Å². The van der Waals surface area contributed by atoms with E-state index in [4.69, 9.17) is 19.9 Å². The molecule has 1 aliphatic rings. The van der Waals surface area contributed by atoms with Gasteiger partial charge in [0.05, 0.1) is 20.3 Å². The second kappa shape index (κ2) is 5.73. The Morgan fingerprint density at radius 1 is 1.39 bits per heavy atom. The molecule has 0 bridgehead atoms. The molecule has 1 aromatic carbocycles. The van der Waals surface area contributed by atoms with E-state index in [1.54, 1.807) is 18.2 Å². The lowest BCUT2D eigenvalue weighted by molar-refractivity contribution is -0.0160. The van der Waals surface area contributed by atoms with E-state index in [1.807, 2.05) is 0 Å². The number of nitrogens with two attached hydrogens (primary N) is 1. The van der Waals surface area contributed by atoms with E-state index in [9.17, 15) is 4.79 Å². The van der Waals surface area contributed by atoms with Gasteiger partial charge in [0.15, 0.2) is 0 Å². The minimum Gasteiger partial charge on any atom is -0.496 e. The van der Waals surface area contributed by atoms with Crippen LogP contribution in [-0.2, 0) is 9.47 Å². The van der Waals surface area contributed by atoms with Crippen LogP contribution in [0.4, 0.5) is 5.69 Å². The van der Waals surface area contributed by atoms with E-state index >= 15 is 0 Å². The van der Waals surface area contributed by atoms with Crippen molar-refractivity contribution < 1.29 is 19.0 Å². The number of hydrogen-bond donors (Lipinski definition) is 1. The Kier molecular flexibility index (Phi) is 4.04. The van der Waals surface area contributed by atoms with Crippen molar-refractivity contribution in [3.63, 3.8) is 0 Å². The van der Waals surface area contributed by atoms with Gasteiger partial charge in [-0.05, 0) is 12.1 Å². The summed E-state index contributed by atoms with van der Waals surface area (Å²) in [5.41, 5.74) is 6.59. The topological polar surface area (TPSA) is 70.8 Å². The molecule has 1 aromatic rings. The third-order valence-electron chi connectivity index (χ3n) is 2.89. The van der Waals surface area contributed by atoms with Gasteiger partial charge in [0.1, 0.15) is 17.4 Å². The summed E-state index contributed by atoms with van der Waals surface area (Å²) in [5.74, 6) is 0.0609. The zero-order valence-corrected chi connectivity index (χ0v) is 10.3. The maximum absolute atomic E-state index is 12.0. The summed E-state index contributed by atoms with van der Waals surface area (Å²) in [6.45, 7) is 1.27. The van der Waals surface area contributed by atoms with E-state index in [1.165, 1.54) is 7.11 Å². The Morgan fingerprint density at radius 2 is 2.11 bits per heavy atom. The molecule has 2 rings (SSSR count). The van der Waals surface area contributed by atoms with Crippen LogP contribution in [0.3, 0.4) is 0 Å². The molecule has 0 radical (unpaired) electrons. The molecule has 0 amide bonds. The number of carbonyl (C=O) groups is 1. The van der Waals surface area contributed by atoms with Gasteiger partial charge in [0.2, 0.25) is 0 Å². The van der Waals surface area contributed by atoms with E-state index in [2.05, 4.69) is 0 Å². The number of rotatable bonds is 3. The molecule has 1 aliphatic heterocycles. The molecular weight excluding hydrogens is 234 g/mol. The predicted octanol–water partition coefficient (Wildman–Crippen LogP) is 1.61. The zero-order chi connectivity index (χ0) is 13.0. The van der Waals surface area contributed by atoms with Crippen LogP contribution >= 0.6 is 0 Å². The van der Waals surface area contributed by atoms with Crippen LogP contribution < -0.4 is 10.5 Å². The first-order valence-electron chi connectivity index (χ1n) is 5.93. The first-order valence-corrected chi connectivity index (χ1v) is 5.93. The van der Waals surface area contributed by atoms with Gasteiger partial charge in [-0.2, -0.15) is 0 Å². The summed E-state index contributed by atoms with van der Waals surface area (Å²) < 4.78 is 15.8. The fourth-order valence-corrected chi connectivity index (χ4v) is 1.89. The Bertz CT molecular complexity index is 427. The number of hydrogen-bond acceptors (Lipinski definition) is 5. The lowest BCUT2D eigenvalue weighted by Gasteiger charge is -2.22. The first-order chi connectivity index (χ1) is 8.70. The van der Waals surface area contributed by atoms with Crippen LogP contribution in [0.1, 0.15) is 23.2 Å². The van der Waals surface area contributed by atoms with Crippen molar-refractivity contribution in [2.24, 2.45) is 0 Å². The Balaban J connectivity index is 2.08. The van der Waals surface area contributed by atoms with Crippen molar-refractivity contribution in [1.29, 1.82) is 0 Å². The van der Waals surface area contributed by atoms with Gasteiger partial charge in [-0.3, -0.25) is 0 Å². The highest BCUT2D eigenvalue weighted by Crippen LogP contribution is 2.23.